The van der Waals surface area contributed by atoms with Gasteiger partial charge in [-0.05, 0) is 41.7 Å². The van der Waals surface area contributed by atoms with Crippen molar-refractivity contribution in [2.45, 2.75) is 73.6 Å². The number of hydrogen-bond donors (Lipinski definition) is 1. The number of rotatable bonds is 10. The number of benzene rings is 1. The lowest BCUT2D eigenvalue weighted by Gasteiger charge is -2.41. The molecule has 1 aromatic carbocycles. The molecule has 1 N–H and O–H groups in total. The monoisotopic (exact) mass is 416 g/mol. The van der Waals surface area contributed by atoms with Crippen LogP contribution in [0.1, 0.15) is 80.7 Å². The number of phosphoric acid groups is 1. The van der Waals surface area contributed by atoms with Crippen LogP contribution >= 0.6 is 7.82 Å². The van der Waals surface area contributed by atoms with Crippen molar-refractivity contribution in [3.8, 4) is 5.75 Å². The van der Waals surface area contributed by atoms with Crippen molar-refractivity contribution in [3.05, 3.63) is 28.8 Å². The van der Waals surface area contributed by atoms with E-state index in [1.807, 2.05) is 13.8 Å². The topological polar surface area (TPSA) is 65.0 Å². The van der Waals surface area contributed by atoms with Gasteiger partial charge >= 0.3 is 7.82 Å². The summed E-state index contributed by atoms with van der Waals surface area (Å²) in [6, 6.07) is 0.319. The maximum absolute atomic E-state index is 11.8. The van der Waals surface area contributed by atoms with Crippen molar-refractivity contribution in [1.82, 2.24) is 0 Å². The molecule has 0 saturated heterocycles. The van der Waals surface area contributed by atoms with Crippen LogP contribution < -0.4 is 4.74 Å². The molecule has 0 bridgehead atoms. The molecular formula is C22H39O5P. The number of ether oxygens (including phenoxy) is 1. The maximum atomic E-state index is 11.8. The van der Waals surface area contributed by atoms with Gasteiger partial charge in [0.15, 0.2) is 6.79 Å². The Hall–Kier alpha value is -0.870. The highest BCUT2D eigenvalue weighted by atomic mass is 31.2. The van der Waals surface area contributed by atoms with Crippen molar-refractivity contribution in [2.75, 3.05) is 13.9 Å². The minimum Gasteiger partial charge on any atom is -0.466 e. The Morgan fingerprint density at radius 3 is 2.11 bits per heavy atom. The van der Waals surface area contributed by atoms with E-state index in [2.05, 4.69) is 53.0 Å². The molecule has 0 spiro atoms. The van der Waals surface area contributed by atoms with Gasteiger partial charge in [0.05, 0.1) is 2.74 Å². The fourth-order valence-electron chi connectivity index (χ4n) is 3.49. The Kier molecular flexibility index (Phi) is 7.60. The van der Waals surface area contributed by atoms with Gasteiger partial charge in [-0.1, -0.05) is 67.5 Å². The average Bonchev–Trinajstić information content (AvgIpc) is 2.65. The lowest BCUT2D eigenvalue weighted by Crippen LogP contribution is -2.36. The van der Waals surface area contributed by atoms with Crippen molar-refractivity contribution in [3.63, 3.8) is 0 Å². The second kappa shape index (κ2) is 9.75. The van der Waals surface area contributed by atoms with E-state index in [0.29, 0.717) is 16.9 Å². The minimum absolute atomic E-state index is 0.0529. The maximum Gasteiger partial charge on any atom is 0.474 e. The molecule has 162 valence electrons. The largest absolute Gasteiger partial charge is 0.474 e. The Bertz CT molecular complexity index is 784. The van der Waals surface area contributed by atoms with Crippen molar-refractivity contribution in [2.24, 2.45) is 17.8 Å². The summed E-state index contributed by atoms with van der Waals surface area (Å²) in [5.74, 6) is 1.08. The van der Waals surface area contributed by atoms with Crippen LogP contribution in [-0.4, -0.2) is 18.8 Å². The molecule has 0 fully saturated rings. The Labute approximate surface area is 174 Å². The van der Waals surface area contributed by atoms with Gasteiger partial charge < -0.3 is 9.63 Å². The fourth-order valence-corrected chi connectivity index (χ4v) is 3.78. The van der Waals surface area contributed by atoms with Gasteiger partial charge in [-0.25, -0.2) is 9.09 Å². The molecule has 0 aliphatic rings. The van der Waals surface area contributed by atoms with Crippen LogP contribution in [0.5, 0.6) is 5.75 Å². The van der Waals surface area contributed by atoms with E-state index in [4.69, 9.17) is 12.0 Å². The van der Waals surface area contributed by atoms with Gasteiger partial charge in [0.1, 0.15) is 5.75 Å². The fraction of sp³-hybridized carbons (Fsp3) is 0.727. The third-order valence-corrected chi connectivity index (χ3v) is 7.17. The zero-order valence-corrected chi connectivity index (χ0v) is 19.9. The highest BCUT2D eigenvalue weighted by molar-refractivity contribution is 7.47. The molecule has 0 saturated carbocycles. The predicted molar refractivity (Wildman–Crippen MR) is 115 cm³/mol. The first-order chi connectivity index (χ1) is 13.6. The normalized spacial score (nSPS) is 16.9. The SMILES string of the molecule is [2H]c1c([2H])c(C(C)C(C)C)c(OCOP(=O)(O)OC)c(C(C)(C(C)C)C(C)C)c1C. The van der Waals surface area contributed by atoms with Crippen LogP contribution in [-0.2, 0) is 19.0 Å². The van der Waals surface area contributed by atoms with E-state index >= 15 is 0 Å². The van der Waals surface area contributed by atoms with Crippen molar-refractivity contribution < 1.29 is 26.0 Å². The number of phosphoric ester groups is 1. The Morgan fingerprint density at radius 2 is 1.68 bits per heavy atom. The third kappa shape index (κ3) is 5.38. The molecule has 1 aromatic rings. The van der Waals surface area contributed by atoms with Crippen LogP contribution in [0, 0.1) is 24.7 Å². The Balaban J connectivity index is 3.87. The summed E-state index contributed by atoms with van der Waals surface area (Å²) in [5, 5.41) is 0. The molecule has 0 aliphatic heterocycles. The molecule has 0 aliphatic carbocycles. The van der Waals surface area contributed by atoms with E-state index in [1.54, 1.807) is 0 Å². The molecule has 28 heavy (non-hydrogen) atoms. The zero-order valence-electron chi connectivity index (χ0n) is 21.0. The van der Waals surface area contributed by atoms with Crippen LogP contribution in [0.3, 0.4) is 0 Å². The average molecular weight is 417 g/mol. The van der Waals surface area contributed by atoms with Crippen molar-refractivity contribution in [1.29, 1.82) is 0 Å². The summed E-state index contributed by atoms with van der Waals surface area (Å²) >= 11 is 0. The molecule has 2 atom stereocenters. The summed E-state index contributed by atoms with van der Waals surface area (Å²) in [6.45, 7) is 18.2. The quantitative estimate of drug-likeness (QED) is 0.352. The molecule has 0 aromatic heterocycles. The van der Waals surface area contributed by atoms with E-state index in [0.717, 1.165) is 12.7 Å². The molecular weight excluding hydrogens is 375 g/mol. The molecule has 0 radical (unpaired) electrons. The van der Waals surface area contributed by atoms with E-state index in [1.165, 1.54) is 0 Å². The molecule has 2 unspecified atom stereocenters. The van der Waals surface area contributed by atoms with Gasteiger partial charge in [0.2, 0.25) is 0 Å². The lowest BCUT2D eigenvalue weighted by molar-refractivity contribution is 0.0709. The second-order valence-electron chi connectivity index (χ2n) is 8.66. The summed E-state index contributed by atoms with van der Waals surface area (Å²) in [5.41, 5.74) is 1.85. The smallest absolute Gasteiger partial charge is 0.466 e. The summed E-state index contributed by atoms with van der Waals surface area (Å²) in [4.78, 5) is 9.59. The first-order valence-electron chi connectivity index (χ1n) is 10.9. The predicted octanol–water partition coefficient (Wildman–Crippen LogP) is 6.42. The molecule has 6 heteroatoms. The van der Waals surface area contributed by atoms with E-state index < -0.39 is 14.6 Å². The standard InChI is InChI=1S/C22H39O5P/c1-14(2)18(8)19-12-11-17(7)20(22(9,15(3)4)16(5)6)21(19)26-13-27-28(23,24)25-10/h11-12,14-16,18H,13H2,1-10H3,(H,23,24)/i11D,12D. The summed E-state index contributed by atoms with van der Waals surface area (Å²) < 4.78 is 44.5. The lowest BCUT2D eigenvalue weighted by atomic mass is 9.64. The first-order valence-corrected chi connectivity index (χ1v) is 11.4. The van der Waals surface area contributed by atoms with Gasteiger partial charge in [-0.3, -0.25) is 4.52 Å². The van der Waals surface area contributed by atoms with Gasteiger partial charge in [-0.2, -0.15) is 0 Å². The highest BCUT2D eigenvalue weighted by Crippen LogP contribution is 2.49. The molecule has 0 heterocycles. The first kappa shape index (κ1) is 21.8. The second-order valence-corrected chi connectivity index (χ2v) is 10.2. The molecule has 1 rings (SSSR count). The van der Waals surface area contributed by atoms with Crippen LogP contribution in [0.15, 0.2) is 12.1 Å². The third-order valence-electron chi connectivity index (χ3n) is 6.27. The minimum atomic E-state index is -4.20. The van der Waals surface area contributed by atoms with Gasteiger partial charge in [0, 0.05) is 18.1 Å². The van der Waals surface area contributed by atoms with Crippen molar-refractivity contribution >= 4 is 7.82 Å². The van der Waals surface area contributed by atoms with Crippen LogP contribution in [0.2, 0.25) is 0 Å². The van der Waals surface area contributed by atoms with Gasteiger partial charge in [-0.15, -0.1) is 0 Å². The van der Waals surface area contributed by atoms with Gasteiger partial charge in [0.25, 0.3) is 0 Å². The van der Waals surface area contributed by atoms with Crippen LogP contribution in [0.4, 0.5) is 0 Å². The number of hydrogen-bond acceptors (Lipinski definition) is 4. The van der Waals surface area contributed by atoms with Crippen LogP contribution in [0.25, 0.3) is 0 Å². The molecule has 5 nitrogen and oxygen atoms in total. The zero-order chi connectivity index (χ0) is 23.6. The van der Waals surface area contributed by atoms with E-state index in [9.17, 15) is 9.46 Å². The van der Waals surface area contributed by atoms with E-state index in [-0.39, 0.29) is 41.2 Å². The summed E-state index contributed by atoms with van der Waals surface area (Å²) in [6.07, 6.45) is 0. The molecule has 0 amide bonds. The summed E-state index contributed by atoms with van der Waals surface area (Å²) in [7, 11) is -3.11. The Morgan fingerprint density at radius 1 is 1.14 bits per heavy atom. The highest BCUT2D eigenvalue weighted by Gasteiger charge is 2.39.